The van der Waals surface area contributed by atoms with E-state index in [2.05, 4.69) is 20.7 Å². The quantitative estimate of drug-likeness (QED) is 0.295. The van der Waals surface area contributed by atoms with Gasteiger partial charge in [-0.2, -0.15) is 0 Å². The third-order valence-corrected chi connectivity index (χ3v) is 1.91. The summed E-state index contributed by atoms with van der Waals surface area (Å²) in [5.74, 6) is -0.175. The number of alkyl halides is 1. The van der Waals surface area contributed by atoms with Crippen molar-refractivity contribution in [2.45, 2.75) is 25.7 Å². The number of esters is 1. The lowest BCUT2D eigenvalue weighted by Crippen LogP contribution is -2.06. The van der Waals surface area contributed by atoms with Crippen molar-refractivity contribution in [2.24, 2.45) is 0 Å². The molecule has 0 aliphatic heterocycles. The van der Waals surface area contributed by atoms with Crippen molar-refractivity contribution < 1.29 is 14.3 Å². The van der Waals surface area contributed by atoms with Crippen LogP contribution in [0, 0.1) is 0 Å². The van der Waals surface area contributed by atoms with Crippen molar-refractivity contribution in [3.8, 4) is 0 Å². The summed E-state index contributed by atoms with van der Waals surface area (Å²) in [7, 11) is 1.50. The smallest absolute Gasteiger partial charge is 0.307 e. The molecule has 12 heavy (non-hydrogen) atoms. The molecule has 0 saturated carbocycles. The highest BCUT2D eigenvalue weighted by Crippen LogP contribution is 2.02. The van der Waals surface area contributed by atoms with Gasteiger partial charge in [0, 0.05) is 18.9 Å². The molecule has 0 fully saturated rings. The van der Waals surface area contributed by atoms with Crippen LogP contribution < -0.4 is 0 Å². The molecule has 72 valence electrons. The summed E-state index contributed by atoms with van der Waals surface area (Å²) in [4.78, 5) is 10.9. The Morgan fingerprint density at radius 1 is 1.33 bits per heavy atom. The molecule has 3 nitrogen and oxygen atoms in total. The maximum atomic E-state index is 10.9. The molecule has 0 unspecified atom stereocenters. The van der Waals surface area contributed by atoms with E-state index in [0.717, 1.165) is 24.6 Å². The first-order valence-electron chi connectivity index (χ1n) is 4.01. The Kier molecular flexibility index (Phi) is 8.93. The topological polar surface area (TPSA) is 35.5 Å². The lowest BCUT2D eigenvalue weighted by Gasteiger charge is -2.01. The zero-order valence-electron chi connectivity index (χ0n) is 7.35. The monoisotopic (exact) mass is 238 g/mol. The van der Waals surface area contributed by atoms with Crippen LogP contribution in [0.15, 0.2) is 0 Å². The summed E-state index contributed by atoms with van der Waals surface area (Å²) in [5, 5.41) is 1.00. The molecule has 0 saturated heterocycles. The molecule has 0 amide bonds. The standard InChI is InChI=1S/C8H15BrO3/c1-11-7-12-8(10)5-3-2-4-6-9/h2-7H2,1H3. The minimum Gasteiger partial charge on any atom is -0.438 e. The molecule has 0 aliphatic rings. The van der Waals surface area contributed by atoms with E-state index >= 15 is 0 Å². The van der Waals surface area contributed by atoms with Crippen LogP contribution in [0.25, 0.3) is 0 Å². The number of halogens is 1. The highest BCUT2D eigenvalue weighted by Gasteiger charge is 2.00. The molecule has 0 rings (SSSR count). The molecule has 0 spiro atoms. The summed E-state index contributed by atoms with van der Waals surface area (Å²) in [6.07, 6.45) is 3.56. The van der Waals surface area contributed by atoms with Gasteiger partial charge < -0.3 is 9.47 Å². The lowest BCUT2D eigenvalue weighted by atomic mass is 10.2. The lowest BCUT2D eigenvalue weighted by molar-refractivity contribution is -0.154. The summed E-state index contributed by atoms with van der Waals surface area (Å²) < 4.78 is 9.29. The fraction of sp³-hybridized carbons (Fsp3) is 0.875. The van der Waals surface area contributed by atoms with Gasteiger partial charge in [-0.25, -0.2) is 0 Å². The Labute approximate surface area is 81.6 Å². The van der Waals surface area contributed by atoms with Gasteiger partial charge in [0.1, 0.15) is 0 Å². The number of carbonyl (C=O) groups excluding carboxylic acids is 1. The largest absolute Gasteiger partial charge is 0.438 e. The molecule has 0 heterocycles. The maximum Gasteiger partial charge on any atom is 0.307 e. The average Bonchev–Trinajstić information content (AvgIpc) is 2.09. The molecule has 0 aromatic heterocycles. The average molecular weight is 239 g/mol. The second kappa shape index (κ2) is 9.00. The van der Waals surface area contributed by atoms with Crippen LogP contribution in [-0.2, 0) is 14.3 Å². The second-order valence-electron chi connectivity index (χ2n) is 2.42. The van der Waals surface area contributed by atoms with Crippen LogP contribution in [0.3, 0.4) is 0 Å². The fourth-order valence-corrected chi connectivity index (χ4v) is 1.13. The summed E-state index contributed by atoms with van der Waals surface area (Å²) in [6.45, 7) is 0.0667. The van der Waals surface area contributed by atoms with Crippen molar-refractivity contribution >= 4 is 21.9 Å². The van der Waals surface area contributed by atoms with Crippen molar-refractivity contribution in [1.82, 2.24) is 0 Å². The van der Waals surface area contributed by atoms with E-state index in [0.29, 0.717) is 6.42 Å². The van der Waals surface area contributed by atoms with Crippen LogP contribution in [0.5, 0.6) is 0 Å². The molecule has 0 N–H and O–H groups in total. The van der Waals surface area contributed by atoms with E-state index in [4.69, 9.17) is 4.74 Å². The fourth-order valence-electron chi connectivity index (χ4n) is 0.737. The van der Waals surface area contributed by atoms with Gasteiger partial charge in [-0.3, -0.25) is 4.79 Å². The van der Waals surface area contributed by atoms with Gasteiger partial charge in [-0.15, -0.1) is 0 Å². The second-order valence-corrected chi connectivity index (χ2v) is 3.22. The van der Waals surface area contributed by atoms with Crippen LogP contribution in [0.4, 0.5) is 0 Å². The predicted molar refractivity (Wildman–Crippen MR) is 50.2 cm³/mol. The Morgan fingerprint density at radius 3 is 2.67 bits per heavy atom. The highest BCUT2D eigenvalue weighted by atomic mass is 79.9. The Morgan fingerprint density at radius 2 is 2.08 bits per heavy atom. The number of hydrogen-bond donors (Lipinski definition) is 0. The van der Waals surface area contributed by atoms with E-state index in [9.17, 15) is 4.79 Å². The van der Waals surface area contributed by atoms with Gasteiger partial charge in [0.15, 0.2) is 6.79 Å². The van der Waals surface area contributed by atoms with E-state index in [-0.39, 0.29) is 12.8 Å². The molecule has 0 aromatic carbocycles. The van der Waals surface area contributed by atoms with E-state index in [1.807, 2.05) is 0 Å². The predicted octanol–water partition coefficient (Wildman–Crippen LogP) is 2.09. The van der Waals surface area contributed by atoms with E-state index in [1.165, 1.54) is 7.11 Å². The first-order chi connectivity index (χ1) is 5.81. The highest BCUT2D eigenvalue weighted by molar-refractivity contribution is 9.09. The van der Waals surface area contributed by atoms with Crippen LogP contribution in [0.2, 0.25) is 0 Å². The number of ether oxygens (including phenoxy) is 2. The summed E-state index contributed by atoms with van der Waals surface area (Å²) in [5.41, 5.74) is 0. The first kappa shape index (κ1) is 11.9. The SMILES string of the molecule is COCOC(=O)CCCCCBr. The van der Waals surface area contributed by atoms with Crippen molar-refractivity contribution in [3.63, 3.8) is 0 Å². The van der Waals surface area contributed by atoms with Gasteiger partial charge in [-0.05, 0) is 12.8 Å². The molecule has 4 heteroatoms. The van der Waals surface area contributed by atoms with Crippen molar-refractivity contribution in [3.05, 3.63) is 0 Å². The van der Waals surface area contributed by atoms with Crippen molar-refractivity contribution in [2.75, 3.05) is 19.2 Å². The van der Waals surface area contributed by atoms with Gasteiger partial charge >= 0.3 is 5.97 Å². The summed E-state index contributed by atoms with van der Waals surface area (Å²) >= 11 is 3.32. The zero-order valence-corrected chi connectivity index (χ0v) is 8.93. The maximum absolute atomic E-state index is 10.9. The first-order valence-corrected chi connectivity index (χ1v) is 5.14. The molecular formula is C8H15BrO3. The van der Waals surface area contributed by atoms with Crippen LogP contribution in [-0.4, -0.2) is 25.2 Å². The third kappa shape index (κ3) is 8.01. The Bertz CT molecular complexity index is 117. The van der Waals surface area contributed by atoms with E-state index < -0.39 is 0 Å². The van der Waals surface area contributed by atoms with E-state index in [1.54, 1.807) is 0 Å². The van der Waals surface area contributed by atoms with Gasteiger partial charge in [0.05, 0.1) is 0 Å². The molecular weight excluding hydrogens is 224 g/mol. The molecule has 0 aliphatic carbocycles. The number of methoxy groups -OCH3 is 1. The molecule has 0 bridgehead atoms. The third-order valence-electron chi connectivity index (χ3n) is 1.35. The molecule has 0 radical (unpaired) electrons. The summed E-state index contributed by atoms with van der Waals surface area (Å²) in [6, 6.07) is 0. The normalized spacial score (nSPS) is 9.83. The number of rotatable bonds is 7. The van der Waals surface area contributed by atoms with Gasteiger partial charge in [0.25, 0.3) is 0 Å². The number of carbonyl (C=O) groups is 1. The van der Waals surface area contributed by atoms with Crippen LogP contribution >= 0.6 is 15.9 Å². The molecule has 0 aromatic rings. The Balaban J connectivity index is 3.08. The molecule has 0 atom stereocenters. The number of hydrogen-bond acceptors (Lipinski definition) is 3. The minimum absolute atomic E-state index is 0.0667. The minimum atomic E-state index is -0.175. The van der Waals surface area contributed by atoms with Gasteiger partial charge in [0.2, 0.25) is 0 Å². The zero-order chi connectivity index (χ0) is 9.23. The van der Waals surface area contributed by atoms with Crippen molar-refractivity contribution in [1.29, 1.82) is 0 Å². The number of unbranched alkanes of at least 4 members (excludes halogenated alkanes) is 2. The van der Waals surface area contributed by atoms with Crippen LogP contribution in [0.1, 0.15) is 25.7 Å². The van der Waals surface area contributed by atoms with Gasteiger partial charge in [-0.1, -0.05) is 22.4 Å². The Hall–Kier alpha value is -0.0900.